The van der Waals surface area contributed by atoms with Crippen molar-refractivity contribution >= 4 is 42.5 Å². The fourth-order valence-electron chi connectivity index (χ4n) is 4.48. The Morgan fingerprint density at radius 3 is 2.79 bits per heavy atom. The highest BCUT2D eigenvalue weighted by atomic mass is 35.5. The Kier molecular flexibility index (Phi) is 8.74. The molecule has 29 heavy (non-hydrogen) atoms. The van der Waals surface area contributed by atoms with Crippen LogP contribution in [-0.4, -0.2) is 65.8 Å². The molecule has 0 amide bonds. The third-order valence-electron chi connectivity index (χ3n) is 5.85. The average Bonchev–Trinajstić information content (AvgIpc) is 3.34. The van der Waals surface area contributed by atoms with Crippen molar-refractivity contribution in [1.29, 1.82) is 0 Å². The number of fused-ring (bicyclic) bond motifs is 1. The number of morpholine rings is 1. The number of para-hydroxylation sites is 1. The predicted molar refractivity (Wildman–Crippen MR) is 118 cm³/mol. The fraction of sp³-hybridized carbons (Fsp3) is 0.600. The largest absolute Gasteiger partial charge is 0.634 e. The molecule has 2 aliphatic rings. The van der Waals surface area contributed by atoms with Gasteiger partial charge in [-0.25, -0.2) is 0 Å². The highest BCUT2D eigenvalue weighted by Gasteiger charge is 2.33. The Labute approximate surface area is 182 Å². The van der Waals surface area contributed by atoms with Crippen molar-refractivity contribution in [3.8, 4) is 0 Å². The number of benzene rings is 1. The summed E-state index contributed by atoms with van der Waals surface area (Å²) in [5, 5.41) is 19.8. The Bertz CT molecular complexity index is 757. The van der Waals surface area contributed by atoms with E-state index in [-0.39, 0.29) is 17.8 Å². The van der Waals surface area contributed by atoms with Crippen molar-refractivity contribution in [3.63, 3.8) is 0 Å². The van der Waals surface area contributed by atoms with Crippen LogP contribution in [-0.2, 0) is 15.8 Å². The van der Waals surface area contributed by atoms with E-state index in [0.717, 1.165) is 48.6 Å². The van der Waals surface area contributed by atoms with E-state index in [2.05, 4.69) is 4.90 Å². The second-order valence-corrected chi connectivity index (χ2v) is 8.79. The van der Waals surface area contributed by atoms with E-state index >= 15 is 0 Å². The smallest absolute Gasteiger partial charge is 0.464 e. The molecule has 3 atom stereocenters. The van der Waals surface area contributed by atoms with Gasteiger partial charge in [-0.1, -0.05) is 24.6 Å². The number of nitrogens with zero attached hydrogens (tertiary/aromatic N) is 1. The zero-order chi connectivity index (χ0) is 19.3. The molecular formula is C20H29BClNO5S. The van der Waals surface area contributed by atoms with Crippen molar-refractivity contribution in [2.75, 3.05) is 32.1 Å². The van der Waals surface area contributed by atoms with Crippen molar-refractivity contribution < 1.29 is 23.9 Å². The molecule has 160 valence electrons. The summed E-state index contributed by atoms with van der Waals surface area (Å²) in [6.45, 7) is 3.68. The summed E-state index contributed by atoms with van der Waals surface area (Å²) in [6, 6.07) is 8.49. The molecule has 4 rings (SSSR count). The number of halogens is 1. The lowest BCUT2D eigenvalue weighted by Crippen LogP contribution is -2.45. The van der Waals surface area contributed by atoms with Gasteiger partial charge in [0.15, 0.2) is 0 Å². The molecule has 0 spiro atoms. The van der Waals surface area contributed by atoms with Crippen LogP contribution in [0.25, 0.3) is 11.0 Å². The molecule has 2 unspecified atom stereocenters. The van der Waals surface area contributed by atoms with E-state index in [9.17, 15) is 10.0 Å². The van der Waals surface area contributed by atoms with Crippen LogP contribution >= 0.6 is 24.2 Å². The van der Waals surface area contributed by atoms with Crippen LogP contribution < -0.4 is 0 Å². The third-order valence-corrected chi connectivity index (χ3v) is 7.12. The Morgan fingerprint density at radius 1 is 1.21 bits per heavy atom. The van der Waals surface area contributed by atoms with Crippen molar-refractivity contribution in [2.45, 2.75) is 37.2 Å². The van der Waals surface area contributed by atoms with Crippen molar-refractivity contribution in [3.05, 3.63) is 36.1 Å². The van der Waals surface area contributed by atoms with E-state index in [1.807, 2.05) is 24.3 Å². The maximum Gasteiger partial charge on any atom is 0.634 e. The molecule has 1 aliphatic carbocycles. The first-order valence-corrected chi connectivity index (χ1v) is 11.2. The summed E-state index contributed by atoms with van der Waals surface area (Å²) in [4.78, 5) is 2.57. The molecule has 1 aromatic carbocycles. The molecule has 1 aliphatic heterocycles. The van der Waals surface area contributed by atoms with Gasteiger partial charge < -0.3 is 23.9 Å². The topological polar surface area (TPSA) is 75.3 Å². The summed E-state index contributed by atoms with van der Waals surface area (Å²) in [5.74, 6) is 1.56. The molecule has 2 N–H and O–H groups in total. The van der Waals surface area contributed by atoms with Crippen molar-refractivity contribution in [1.82, 2.24) is 4.90 Å². The normalized spacial score (nSPS) is 23.8. The number of hydrogen-bond acceptors (Lipinski definition) is 7. The Morgan fingerprint density at radius 2 is 2.00 bits per heavy atom. The maximum atomic E-state index is 9.39. The average molecular weight is 442 g/mol. The lowest BCUT2D eigenvalue weighted by atomic mass is 10.0. The highest BCUT2D eigenvalue weighted by Crippen LogP contribution is 2.35. The number of ether oxygens (including phenoxy) is 1. The summed E-state index contributed by atoms with van der Waals surface area (Å²) in [7, 11) is -1.77. The number of furan rings is 1. The zero-order valence-corrected chi connectivity index (χ0v) is 18.1. The summed E-state index contributed by atoms with van der Waals surface area (Å²) >= 11 is 1.68. The Balaban J connectivity index is 0.00000240. The second kappa shape index (κ2) is 11.0. The molecule has 1 aromatic heterocycles. The van der Waals surface area contributed by atoms with Gasteiger partial charge in [0.2, 0.25) is 0 Å². The molecule has 1 saturated carbocycles. The maximum absolute atomic E-state index is 9.39. The molecule has 2 aromatic rings. The molecule has 1 saturated heterocycles. The summed E-state index contributed by atoms with van der Waals surface area (Å²) < 4.78 is 16.5. The first kappa shape index (κ1) is 22.9. The fourth-order valence-corrected chi connectivity index (χ4v) is 5.81. The molecule has 6 nitrogen and oxygen atoms in total. The molecular weight excluding hydrogens is 413 g/mol. The lowest BCUT2D eigenvalue weighted by molar-refractivity contribution is 0.0102. The standard InChI is InChI=1S/C20H28BNO5S.ClH/c23-21(24)27-20(12-16-13-26-19-7-2-1-5-17(16)19)28-14-15-4-3-6-18(15)22-8-10-25-11-9-22;/h1-2,5,7,13,15,18,20,23-24H,3-4,6,8-12,14H2;1H/t15?,18?,20-;/m1./s1. The SMILES string of the molecule is Cl.OB(O)O[C@@H](Cc1coc2ccccc12)SCC1CCCC1N1CCOCC1. The van der Waals surface area contributed by atoms with Crippen LogP contribution in [0.5, 0.6) is 0 Å². The van der Waals surface area contributed by atoms with Gasteiger partial charge in [0.05, 0.1) is 24.9 Å². The van der Waals surface area contributed by atoms with Gasteiger partial charge in [-0.2, -0.15) is 0 Å². The van der Waals surface area contributed by atoms with Gasteiger partial charge in [-0.05, 0) is 24.8 Å². The third kappa shape index (κ3) is 5.91. The lowest BCUT2D eigenvalue weighted by Gasteiger charge is -2.36. The second-order valence-electron chi connectivity index (χ2n) is 7.59. The highest BCUT2D eigenvalue weighted by molar-refractivity contribution is 7.99. The number of hydrogen-bond donors (Lipinski definition) is 2. The van der Waals surface area contributed by atoms with Gasteiger partial charge in [0.25, 0.3) is 0 Å². The van der Waals surface area contributed by atoms with Gasteiger partial charge in [0, 0.05) is 42.3 Å². The molecule has 2 fully saturated rings. The first-order valence-electron chi connectivity index (χ1n) is 10.1. The van der Waals surface area contributed by atoms with Crippen LogP contribution in [0.2, 0.25) is 0 Å². The van der Waals surface area contributed by atoms with Crippen LogP contribution in [0.3, 0.4) is 0 Å². The van der Waals surface area contributed by atoms with E-state index in [4.69, 9.17) is 13.8 Å². The molecule has 0 bridgehead atoms. The summed E-state index contributed by atoms with van der Waals surface area (Å²) in [5.41, 5.74) is 1.55. The van der Waals surface area contributed by atoms with Gasteiger partial charge in [-0.3, -0.25) is 4.90 Å². The van der Waals surface area contributed by atoms with E-state index in [1.54, 1.807) is 18.0 Å². The van der Waals surface area contributed by atoms with E-state index < -0.39 is 7.32 Å². The Hall–Kier alpha value is -0.735. The quantitative estimate of drug-likeness (QED) is 0.482. The monoisotopic (exact) mass is 441 g/mol. The van der Waals surface area contributed by atoms with Gasteiger partial charge >= 0.3 is 7.32 Å². The van der Waals surface area contributed by atoms with Crippen LogP contribution in [0, 0.1) is 5.92 Å². The van der Waals surface area contributed by atoms with Gasteiger partial charge in [0.1, 0.15) is 5.58 Å². The molecule has 0 radical (unpaired) electrons. The number of thioether (sulfide) groups is 1. The van der Waals surface area contributed by atoms with Crippen LogP contribution in [0.15, 0.2) is 34.9 Å². The van der Waals surface area contributed by atoms with E-state index in [0.29, 0.717) is 18.4 Å². The van der Waals surface area contributed by atoms with Crippen LogP contribution in [0.4, 0.5) is 0 Å². The zero-order valence-electron chi connectivity index (χ0n) is 16.4. The summed E-state index contributed by atoms with van der Waals surface area (Å²) in [6.07, 6.45) is 6.04. The van der Waals surface area contributed by atoms with Crippen LogP contribution in [0.1, 0.15) is 24.8 Å². The molecule has 2 heterocycles. The predicted octanol–water partition coefficient (Wildman–Crippen LogP) is 2.94. The van der Waals surface area contributed by atoms with E-state index in [1.165, 1.54) is 19.3 Å². The van der Waals surface area contributed by atoms with Crippen molar-refractivity contribution in [2.24, 2.45) is 5.92 Å². The minimum Gasteiger partial charge on any atom is -0.464 e. The van der Waals surface area contributed by atoms with Gasteiger partial charge in [-0.15, -0.1) is 24.2 Å². The minimum absolute atomic E-state index is 0. The molecule has 9 heteroatoms. The minimum atomic E-state index is -1.77. The number of rotatable bonds is 8. The first-order chi connectivity index (χ1) is 13.7.